The Morgan fingerprint density at radius 2 is 1.86 bits per heavy atom. The maximum Gasteiger partial charge on any atom is 0.433 e. The Morgan fingerprint density at radius 3 is 2.50 bits per heavy atom. The van der Waals surface area contributed by atoms with E-state index in [9.17, 15) is 13.2 Å². The summed E-state index contributed by atoms with van der Waals surface area (Å²) in [6, 6.07) is 8.42. The molecule has 114 valence electrons. The predicted molar refractivity (Wildman–Crippen MR) is 82.1 cm³/mol. The van der Waals surface area contributed by atoms with Crippen LogP contribution in [-0.4, -0.2) is 14.8 Å². The minimum atomic E-state index is -4.47. The third-order valence-electron chi connectivity index (χ3n) is 2.94. The SMILES string of the molecule is Cc1cc(C(F)(F)F)n(-c2nc(-c3ccc(Br)cc3)cs2)n1. The molecule has 2 aromatic heterocycles. The monoisotopic (exact) mass is 387 g/mol. The molecule has 0 radical (unpaired) electrons. The molecule has 0 N–H and O–H groups in total. The molecule has 2 heterocycles. The maximum atomic E-state index is 13.0. The second kappa shape index (κ2) is 5.51. The van der Waals surface area contributed by atoms with E-state index < -0.39 is 11.9 Å². The lowest BCUT2D eigenvalue weighted by Crippen LogP contribution is -2.13. The van der Waals surface area contributed by atoms with E-state index in [0.29, 0.717) is 11.4 Å². The Morgan fingerprint density at radius 1 is 1.18 bits per heavy atom. The second-order valence-electron chi connectivity index (χ2n) is 4.60. The lowest BCUT2D eigenvalue weighted by atomic mass is 10.2. The van der Waals surface area contributed by atoms with Gasteiger partial charge in [-0.2, -0.15) is 18.3 Å². The fourth-order valence-electron chi connectivity index (χ4n) is 1.96. The molecule has 8 heteroatoms. The van der Waals surface area contributed by atoms with Crippen LogP contribution in [0.2, 0.25) is 0 Å². The molecule has 0 unspecified atom stereocenters. The Bertz CT molecular complexity index is 806. The summed E-state index contributed by atoms with van der Waals surface area (Å²) >= 11 is 4.46. The molecule has 3 rings (SSSR count). The van der Waals surface area contributed by atoms with E-state index in [1.165, 1.54) is 6.92 Å². The van der Waals surface area contributed by atoms with E-state index >= 15 is 0 Å². The van der Waals surface area contributed by atoms with Gasteiger partial charge in [-0.15, -0.1) is 11.3 Å². The average molecular weight is 388 g/mol. The van der Waals surface area contributed by atoms with Crippen LogP contribution in [0.25, 0.3) is 16.4 Å². The lowest BCUT2D eigenvalue weighted by Gasteiger charge is -2.07. The largest absolute Gasteiger partial charge is 0.433 e. The van der Waals surface area contributed by atoms with Crippen LogP contribution in [0.3, 0.4) is 0 Å². The molecule has 22 heavy (non-hydrogen) atoms. The van der Waals surface area contributed by atoms with Gasteiger partial charge in [0.25, 0.3) is 0 Å². The molecule has 0 saturated carbocycles. The minimum Gasteiger partial charge on any atom is -0.218 e. The van der Waals surface area contributed by atoms with Crippen molar-refractivity contribution < 1.29 is 13.2 Å². The molecule has 0 fully saturated rings. The molecule has 0 atom stereocenters. The number of alkyl halides is 3. The van der Waals surface area contributed by atoms with Crippen LogP contribution in [-0.2, 0) is 6.18 Å². The summed E-state index contributed by atoms with van der Waals surface area (Å²) in [6.07, 6.45) is -4.47. The van der Waals surface area contributed by atoms with Crippen molar-refractivity contribution in [2.45, 2.75) is 13.1 Å². The Balaban J connectivity index is 2.03. The summed E-state index contributed by atoms with van der Waals surface area (Å²) in [4.78, 5) is 4.27. The summed E-state index contributed by atoms with van der Waals surface area (Å²) < 4.78 is 40.9. The third-order valence-corrected chi connectivity index (χ3v) is 4.28. The van der Waals surface area contributed by atoms with E-state index in [1.54, 1.807) is 5.38 Å². The first-order valence-corrected chi connectivity index (χ1v) is 7.87. The van der Waals surface area contributed by atoms with E-state index in [4.69, 9.17) is 0 Å². The molecule has 0 spiro atoms. The van der Waals surface area contributed by atoms with Crippen molar-refractivity contribution in [3.05, 3.63) is 51.6 Å². The zero-order valence-electron chi connectivity index (χ0n) is 11.2. The molecule has 3 aromatic rings. The van der Waals surface area contributed by atoms with Gasteiger partial charge in [-0.25, -0.2) is 9.67 Å². The van der Waals surface area contributed by atoms with Gasteiger partial charge in [0.15, 0.2) is 5.69 Å². The van der Waals surface area contributed by atoms with Crippen molar-refractivity contribution in [1.29, 1.82) is 0 Å². The number of halogens is 4. The van der Waals surface area contributed by atoms with Gasteiger partial charge in [-0.05, 0) is 25.1 Å². The second-order valence-corrected chi connectivity index (χ2v) is 6.35. The molecule has 0 aliphatic rings. The van der Waals surface area contributed by atoms with Crippen molar-refractivity contribution in [2.75, 3.05) is 0 Å². The molecular formula is C14H9BrF3N3S. The molecule has 1 aromatic carbocycles. The van der Waals surface area contributed by atoms with Gasteiger partial charge in [-0.3, -0.25) is 0 Å². The topological polar surface area (TPSA) is 30.7 Å². The highest BCUT2D eigenvalue weighted by Crippen LogP contribution is 2.33. The van der Waals surface area contributed by atoms with Gasteiger partial charge in [0.1, 0.15) is 0 Å². The van der Waals surface area contributed by atoms with Crippen LogP contribution in [0.1, 0.15) is 11.4 Å². The number of thiazole rings is 1. The number of hydrogen-bond donors (Lipinski definition) is 0. The Labute approximate surface area is 136 Å². The normalized spacial score (nSPS) is 11.9. The van der Waals surface area contributed by atoms with Crippen LogP contribution >= 0.6 is 27.3 Å². The van der Waals surface area contributed by atoms with Crippen LogP contribution in [0.15, 0.2) is 40.2 Å². The highest BCUT2D eigenvalue weighted by atomic mass is 79.9. The fraction of sp³-hybridized carbons (Fsp3) is 0.143. The van der Waals surface area contributed by atoms with Crippen molar-refractivity contribution >= 4 is 27.3 Å². The van der Waals surface area contributed by atoms with E-state index in [2.05, 4.69) is 26.0 Å². The van der Waals surface area contributed by atoms with Gasteiger partial charge in [-0.1, -0.05) is 28.1 Å². The molecular weight excluding hydrogens is 379 g/mol. The number of rotatable bonds is 2. The first kappa shape index (κ1) is 15.2. The van der Waals surface area contributed by atoms with Crippen LogP contribution in [0, 0.1) is 6.92 Å². The Hall–Kier alpha value is -1.67. The Kier molecular flexibility index (Phi) is 3.82. The summed E-state index contributed by atoms with van der Waals surface area (Å²) in [5, 5.41) is 5.82. The lowest BCUT2D eigenvalue weighted by molar-refractivity contribution is -0.142. The van der Waals surface area contributed by atoms with E-state index in [1.807, 2.05) is 24.3 Å². The molecule has 0 amide bonds. The maximum absolute atomic E-state index is 13.0. The number of hydrogen-bond acceptors (Lipinski definition) is 3. The number of aromatic nitrogens is 3. The molecule has 3 nitrogen and oxygen atoms in total. The number of benzene rings is 1. The fourth-order valence-corrected chi connectivity index (χ4v) is 3.02. The summed E-state index contributed by atoms with van der Waals surface area (Å²) in [5.74, 6) is 0. The predicted octanol–water partition coefficient (Wildman–Crippen LogP) is 5.09. The van der Waals surface area contributed by atoms with Gasteiger partial charge < -0.3 is 0 Å². The van der Waals surface area contributed by atoms with Crippen LogP contribution < -0.4 is 0 Å². The summed E-state index contributed by atoms with van der Waals surface area (Å²) in [6.45, 7) is 1.52. The minimum absolute atomic E-state index is 0.193. The quantitative estimate of drug-likeness (QED) is 0.613. The number of aryl methyl sites for hydroxylation is 1. The van der Waals surface area contributed by atoms with Crippen molar-refractivity contribution in [3.8, 4) is 16.4 Å². The summed E-state index contributed by atoms with van der Waals surface area (Å²) in [7, 11) is 0. The van der Waals surface area contributed by atoms with Crippen molar-refractivity contribution in [1.82, 2.24) is 14.8 Å². The zero-order valence-corrected chi connectivity index (χ0v) is 13.6. The van der Waals surface area contributed by atoms with Crippen LogP contribution in [0.5, 0.6) is 0 Å². The molecule has 0 aliphatic carbocycles. The molecule has 0 saturated heterocycles. The smallest absolute Gasteiger partial charge is 0.218 e. The summed E-state index contributed by atoms with van der Waals surface area (Å²) in [5.41, 5.74) is 0.936. The molecule has 0 aliphatic heterocycles. The molecule has 0 bridgehead atoms. The third kappa shape index (κ3) is 2.93. The van der Waals surface area contributed by atoms with Gasteiger partial charge in [0, 0.05) is 15.4 Å². The first-order valence-electron chi connectivity index (χ1n) is 6.20. The highest BCUT2D eigenvalue weighted by Gasteiger charge is 2.36. The average Bonchev–Trinajstić information content (AvgIpc) is 3.05. The number of nitrogens with zero attached hydrogens (tertiary/aromatic N) is 3. The zero-order chi connectivity index (χ0) is 15.9. The van der Waals surface area contributed by atoms with E-state index in [0.717, 1.165) is 32.1 Å². The van der Waals surface area contributed by atoms with Gasteiger partial charge in [0.05, 0.1) is 11.4 Å². The highest BCUT2D eigenvalue weighted by molar-refractivity contribution is 9.10. The van der Waals surface area contributed by atoms with Crippen molar-refractivity contribution in [2.24, 2.45) is 0 Å². The van der Waals surface area contributed by atoms with Gasteiger partial charge in [0.2, 0.25) is 5.13 Å². The van der Waals surface area contributed by atoms with Crippen molar-refractivity contribution in [3.63, 3.8) is 0 Å². The van der Waals surface area contributed by atoms with Gasteiger partial charge >= 0.3 is 6.18 Å². The van der Waals surface area contributed by atoms with Crippen LogP contribution in [0.4, 0.5) is 13.2 Å². The first-order chi connectivity index (χ1) is 10.3. The standard InChI is InChI=1S/C14H9BrF3N3S/c1-8-6-12(14(16,17)18)21(20-8)13-19-11(7-22-13)9-2-4-10(15)5-3-9/h2-7H,1H3. The van der Waals surface area contributed by atoms with E-state index in [-0.39, 0.29) is 5.13 Å².